The van der Waals surface area contributed by atoms with Crippen LogP contribution in [0.3, 0.4) is 0 Å². The summed E-state index contributed by atoms with van der Waals surface area (Å²) in [6.45, 7) is 2.38. The quantitative estimate of drug-likeness (QED) is 0.766. The van der Waals surface area contributed by atoms with Crippen LogP contribution in [0.5, 0.6) is 0 Å². The largest absolute Gasteiger partial charge is 0.478 e. The highest BCUT2D eigenvalue weighted by atomic mass is 79.9. The number of aromatic carboxylic acids is 1. The van der Waals surface area contributed by atoms with E-state index in [0.29, 0.717) is 11.0 Å². The molecule has 1 aromatic heterocycles. The number of thiophene rings is 1. The first-order valence-corrected chi connectivity index (χ1v) is 7.75. The van der Waals surface area contributed by atoms with Gasteiger partial charge in [-0.3, -0.25) is 0 Å². The van der Waals surface area contributed by atoms with Crippen molar-refractivity contribution in [1.29, 1.82) is 0 Å². The van der Waals surface area contributed by atoms with E-state index in [2.05, 4.69) is 26.6 Å². The van der Waals surface area contributed by atoms with Crippen LogP contribution in [0.15, 0.2) is 34.1 Å². The molecule has 0 radical (unpaired) electrons. The first-order chi connectivity index (χ1) is 9.97. The maximum atomic E-state index is 11.9. The second kappa shape index (κ2) is 6.73. The molecule has 7 heteroatoms. The van der Waals surface area contributed by atoms with Gasteiger partial charge in [0.25, 0.3) is 0 Å². The van der Waals surface area contributed by atoms with Crippen LogP contribution in [0.2, 0.25) is 0 Å². The van der Waals surface area contributed by atoms with Gasteiger partial charge in [-0.05, 0) is 42.1 Å². The van der Waals surface area contributed by atoms with E-state index in [9.17, 15) is 9.59 Å². The van der Waals surface area contributed by atoms with Crippen molar-refractivity contribution in [3.8, 4) is 0 Å². The number of rotatable bonds is 4. The lowest BCUT2D eigenvalue weighted by molar-refractivity contribution is 0.0698. The zero-order chi connectivity index (χ0) is 15.4. The van der Waals surface area contributed by atoms with E-state index < -0.39 is 12.0 Å². The molecule has 3 N–H and O–H groups in total. The highest BCUT2D eigenvalue weighted by Gasteiger charge is 2.13. The number of urea groups is 1. The van der Waals surface area contributed by atoms with Gasteiger partial charge < -0.3 is 15.7 Å². The van der Waals surface area contributed by atoms with Crippen molar-refractivity contribution in [2.24, 2.45) is 0 Å². The van der Waals surface area contributed by atoms with Gasteiger partial charge in [-0.25, -0.2) is 9.59 Å². The van der Waals surface area contributed by atoms with Gasteiger partial charge in [0.15, 0.2) is 0 Å². The van der Waals surface area contributed by atoms with Gasteiger partial charge in [0.05, 0.1) is 17.8 Å². The molecule has 0 aliphatic heterocycles. The number of carboxylic acids is 1. The van der Waals surface area contributed by atoms with Crippen molar-refractivity contribution in [3.05, 3.63) is 50.1 Å². The first-order valence-electron chi connectivity index (χ1n) is 6.08. The summed E-state index contributed by atoms with van der Waals surface area (Å²) in [5, 5.41) is 16.3. The molecule has 2 rings (SSSR count). The number of anilines is 1. The average Bonchev–Trinajstić information content (AvgIpc) is 2.81. The molecule has 0 aliphatic carbocycles. The molecule has 2 aromatic rings. The van der Waals surface area contributed by atoms with Crippen molar-refractivity contribution in [2.45, 2.75) is 13.5 Å². The Kier molecular flexibility index (Phi) is 4.98. The molecule has 0 saturated carbocycles. The lowest BCUT2D eigenvalue weighted by Gasteiger charge is -2.10. The van der Waals surface area contributed by atoms with E-state index in [4.69, 9.17) is 5.11 Å². The number of hydrogen-bond donors (Lipinski definition) is 3. The van der Waals surface area contributed by atoms with Crippen LogP contribution in [0.25, 0.3) is 0 Å². The number of halogens is 1. The van der Waals surface area contributed by atoms with E-state index in [0.717, 1.165) is 10.4 Å². The molecule has 1 aromatic carbocycles. The first kappa shape index (κ1) is 15.5. The maximum Gasteiger partial charge on any atom is 0.337 e. The number of nitrogens with one attached hydrogen (secondary N) is 2. The Balaban J connectivity index is 2.04. The number of amides is 2. The second-order valence-electron chi connectivity index (χ2n) is 4.33. The molecule has 0 spiro atoms. The average molecular weight is 369 g/mol. The fourth-order valence-corrected chi connectivity index (χ4v) is 2.93. The Morgan fingerprint density at radius 1 is 1.33 bits per heavy atom. The molecular formula is C14H13BrN2O3S. The van der Waals surface area contributed by atoms with E-state index in [-0.39, 0.29) is 11.3 Å². The summed E-state index contributed by atoms with van der Waals surface area (Å²) in [5.74, 6) is -1.09. The van der Waals surface area contributed by atoms with Gasteiger partial charge >= 0.3 is 12.0 Å². The normalized spacial score (nSPS) is 10.2. The Hall–Kier alpha value is -1.86. The molecule has 5 nitrogen and oxygen atoms in total. The van der Waals surface area contributed by atoms with Gasteiger partial charge in [0.2, 0.25) is 0 Å². The van der Waals surface area contributed by atoms with Crippen LogP contribution in [-0.4, -0.2) is 17.1 Å². The standard InChI is InChI=1S/C14H13BrN2O3S/c1-8-4-5-21-12(8)7-16-14(20)17-11-6-9(15)2-3-10(11)13(18)19/h2-6H,7H2,1H3,(H,18,19)(H2,16,17,20). The van der Waals surface area contributed by atoms with E-state index in [1.807, 2.05) is 18.4 Å². The van der Waals surface area contributed by atoms with Crippen molar-refractivity contribution in [1.82, 2.24) is 5.32 Å². The number of benzene rings is 1. The fraction of sp³-hybridized carbons (Fsp3) is 0.143. The molecule has 0 aliphatic rings. The smallest absolute Gasteiger partial charge is 0.337 e. The van der Waals surface area contributed by atoms with E-state index in [1.165, 1.54) is 6.07 Å². The van der Waals surface area contributed by atoms with E-state index in [1.54, 1.807) is 23.5 Å². The van der Waals surface area contributed by atoms with Gasteiger partial charge in [-0.2, -0.15) is 0 Å². The van der Waals surface area contributed by atoms with Crippen LogP contribution < -0.4 is 10.6 Å². The lowest BCUT2D eigenvalue weighted by Crippen LogP contribution is -2.28. The van der Waals surface area contributed by atoms with Gasteiger partial charge in [-0.1, -0.05) is 15.9 Å². The predicted octanol–water partition coefficient (Wildman–Crippen LogP) is 3.84. The minimum Gasteiger partial charge on any atom is -0.478 e. The minimum atomic E-state index is -1.09. The third kappa shape index (κ3) is 4.05. The Morgan fingerprint density at radius 2 is 2.10 bits per heavy atom. The molecular weight excluding hydrogens is 356 g/mol. The summed E-state index contributed by atoms with van der Waals surface area (Å²) in [6, 6.07) is 6.14. The summed E-state index contributed by atoms with van der Waals surface area (Å²) in [7, 11) is 0. The third-order valence-electron chi connectivity index (χ3n) is 2.84. The van der Waals surface area contributed by atoms with Crippen molar-refractivity contribution >= 4 is 45.0 Å². The minimum absolute atomic E-state index is 0.0423. The zero-order valence-corrected chi connectivity index (χ0v) is 13.5. The maximum absolute atomic E-state index is 11.9. The second-order valence-corrected chi connectivity index (χ2v) is 6.25. The van der Waals surface area contributed by atoms with Crippen LogP contribution in [0, 0.1) is 6.92 Å². The monoisotopic (exact) mass is 368 g/mol. The molecule has 21 heavy (non-hydrogen) atoms. The van der Waals surface area contributed by atoms with Crippen LogP contribution in [-0.2, 0) is 6.54 Å². The SMILES string of the molecule is Cc1ccsc1CNC(=O)Nc1cc(Br)ccc1C(=O)O. The van der Waals surface area contributed by atoms with Crippen LogP contribution in [0.4, 0.5) is 10.5 Å². The number of carboxylic acid groups (broad SMARTS) is 1. The summed E-state index contributed by atoms with van der Waals surface area (Å²) in [6.07, 6.45) is 0. The van der Waals surface area contributed by atoms with Gasteiger partial charge in [-0.15, -0.1) is 11.3 Å². The highest BCUT2D eigenvalue weighted by molar-refractivity contribution is 9.10. The highest BCUT2D eigenvalue weighted by Crippen LogP contribution is 2.21. The summed E-state index contributed by atoms with van der Waals surface area (Å²) >= 11 is 4.82. The Bertz CT molecular complexity index is 685. The fourth-order valence-electron chi connectivity index (χ4n) is 1.72. The Morgan fingerprint density at radius 3 is 2.71 bits per heavy atom. The van der Waals surface area contributed by atoms with E-state index >= 15 is 0 Å². The zero-order valence-electron chi connectivity index (χ0n) is 11.1. The number of aryl methyl sites for hydroxylation is 1. The summed E-state index contributed by atoms with van der Waals surface area (Å²) in [4.78, 5) is 24.1. The van der Waals surface area contributed by atoms with Gasteiger partial charge in [0, 0.05) is 9.35 Å². The topological polar surface area (TPSA) is 78.4 Å². The van der Waals surface area contributed by atoms with Crippen molar-refractivity contribution in [3.63, 3.8) is 0 Å². The third-order valence-corrected chi connectivity index (χ3v) is 4.35. The van der Waals surface area contributed by atoms with Crippen LogP contribution in [0.1, 0.15) is 20.8 Å². The Labute approximate surface area is 134 Å². The predicted molar refractivity (Wildman–Crippen MR) is 86.0 cm³/mol. The summed E-state index contributed by atoms with van der Waals surface area (Å²) < 4.78 is 0.692. The molecule has 0 fully saturated rings. The van der Waals surface area contributed by atoms with Crippen molar-refractivity contribution in [2.75, 3.05) is 5.32 Å². The van der Waals surface area contributed by atoms with Crippen molar-refractivity contribution < 1.29 is 14.7 Å². The van der Waals surface area contributed by atoms with Gasteiger partial charge in [0.1, 0.15) is 0 Å². The molecule has 0 saturated heterocycles. The molecule has 110 valence electrons. The lowest BCUT2D eigenvalue weighted by atomic mass is 10.2. The summed E-state index contributed by atoms with van der Waals surface area (Å²) in [5.41, 5.74) is 1.41. The molecule has 0 atom stereocenters. The number of hydrogen-bond acceptors (Lipinski definition) is 3. The molecule has 2 amide bonds. The molecule has 0 bridgehead atoms. The number of carbonyl (C=O) groups is 2. The molecule has 0 unspecified atom stereocenters. The number of carbonyl (C=O) groups excluding carboxylic acids is 1. The molecule has 1 heterocycles. The van der Waals surface area contributed by atoms with Crippen LogP contribution >= 0.6 is 27.3 Å².